The molecule has 0 spiro atoms. The Kier molecular flexibility index (Phi) is 10.6. The number of ether oxygens (including phenoxy) is 2. The number of rotatable bonds is 11. The van der Waals surface area contributed by atoms with Crippen molar-refractivity contribution in [3.8, 4) is 0 Å². The van der Waals surface area contributed by atoms with Crippen LogP contribution in [-0.2, 0) is 19.1 Å². The maximum Gasteiger partial charge on any atom is 0.303 e. The average Bonchev–Trinajstić information content (AvgIpc) is 2.27. The molecular weight excluding hydrogens is 226 g/mol. The molecule has 6 heteroatoms. The number of carboxylic acid groups (broad SMARTS) is 1. The number of hydrogen-bond donors (Lipinski definition) is 2. The molecule has 0 aromatic carbocycles. The summed E-state index contributed by atoms with van der Waals surface area (Å²) in [5.41, 5.74) is 0. The third-order valence-corrected chi connectivity index (χ3v) is 1.94. The van der Waals surface area contributed by atoms with Crippen molar-refractivity contribution >= 4 is 11.9 Å². The molecule has 6 nitrogen and oxygen atoms in total. The predicted octanol–water partition coefficient (Wildman–Crippen LogP) is 0.411. The Morgan fingerprint density at radius 2 is 1.82 bits per heavy atom. The Morgan fingerprint density at radius 3 is 2.47 bits per heavy atom. The van der Waals surface area contributed by atoms with Crippen LogP contribution in [0.2, 0.25) is 0 Å². The van der Waals surface area contributed by atoms with Gasteiger partial charge in [-0.3, -0.25) is 9.59 Å². The van der Waals surface area contributed by atoms with E-state index in [1.54, 1.807) is 0 Å². The van der Waals surface area contributed by atoms with Crippen LogP contribution in [0, 0.1) is 0 Å². The molecule has 2 N–H and O–H groups in total. The second-order valence-electron chi connectivity index (χ2n) is 3.41. The fourth-order valence-corrected chi connectivity index (χ4v) is 1.12. The van der Waals surface area contributed by atoms with Crippen molar-refractivity contribution in [2.75, 3.05) is 33.0 Å². The van der Waals surface area contributed by atoms with E-state index in [1.807, 2.05) is 6.92 Å². The van der Waals surface area contributed by atoms with E-state index < -0.39 is 5.97 Å². The molecule has 0 radical (unpaired) electrons. The highest BCUT2D eigenvalue weighted by Gasteiger charge is 2.02. The van der Waals surface area contributed by atoms with Gasteiger partial charge in [0.1, 0.15) is 0 Å². The average molecular weight is 247 g/mol. The van der Waals surface area contributed by atoms with E-state index in [0.717, 1.165) is 0 Å². The Morgan fingerprint density at radius 1 is 1.12 bits per heavy atom. The Bertz CT molecular complexity index is 220. The molecule has 100 valence electrons. The predicted molar refractivity (Wildman–Crippen MR) is 61.8 cm³/mol. The van der Waals surface area contributed by atoms with Gasteiger partial charge in [0.2, 0.25) is 5.91 Å². The molecule has 0 unspecified atom stereocenters. The summed E-state index contributed by atoms with van der Waals surface area (Å²) in [6.45, 7) is 4.54. The lowest BCUT2D eigenvalue weighted by atomic mass is 10.2. The topological polar surface area (TPSA) is 84.9 Å². The van der Waals surface area contributed by atoms with Crippen LogP contribution in [0.25, 0.3) is 0 Å². The van der Waals surface area contributed by atoms with Crippen molar-refractivity contribution in [3.05, 3.63) is 0 Å². The lowest BCUT2D eigenvalue weighted by Gasteiger charge is -2.06. The summed E-state index contributed by atoms with van der Waals surface area (Å²) in [4.78, 5) is 21.4. The highest BCUT2D eigenvalue weighted by Crippen LogP contribution is 1.94. The molecule has 0 aromatic heterocycles. The minimum atomic E-state index is -0.878. The molecule has 0 bridgehead atoms. The second kappa shape index (κ2) is 11.3. The number of carbonyl (C=O) groups excluding carboxylic acids is 1. The van der Waals surface area contributed by atoms with Crippen molar-refractivity contribution in [1.29, 1.82) is 0 Å². The molecule has 0 saturated heterocycles. The van der Waals surface area contributed by atoms with Crippen LogP contribution in [0.1, 0.15) is 26.2 Å². The van der Waals surface area contributed by atoms with Crippen molar-refractivity contribution in [2.45, 2.75) is 26.2 Å². The molecule has 0 aromatic rings. The molecule has 0 aliphatic carbocycles. The summed E-state index contributed by atoms with van der Waals surface area (Å²) in [5, 5.41) is 11.0. The van der Waals surface area contributed by atoms with Crippen molar-refractivity contribution in [3.63, 3.8) is 0 Å². The van der Waals surface area contributed by atoms with Gasteiger partial charge in [-0.15, -0.1) is 0 Å². The molecule has 1 amide bonds. The van der Waals surface area contributed by atoms with Gasteiger partial charge < -0.3 is 19.9 Å². The van der Waals surface area contributed by atoms with E-state index in [9.17, 15) is 9.59 Å². The first kappa shape index (κ1) is 15.9. The summed E-state index contributed by atoms with van der Waals surface area (Å²) in [6.07, 6.45) is 0.635. The summed E-state index contributed by atoms with van der Waals surface area (Å²) in [6, 6.07) is 0. The van der Waals surface area contributed by atoms with Gasteiger partial charge in [0, 0.05) is 26.0 Å². The Hall–Kier alpha value is -1.14. The van der Waals surface area contributed by atoms with Crippen molar-refractivity contribution in [2.24, 2.45) is 0 Å². The minimum absolute atomic E-state index is 0.0261. The van der Waals surface area contributed by atoms with Crippen LogP contribution in [0.15, 0.2) is 0 Å². The first-order valence-corrected chi connectivity index (χ1v) is 5.80. The zero-order valence-electron chi connectivity index (χ0n) is 10.2. The maximum atomic E-state index is 11.2. The molecular formula is C11H21NO5. The van der Waals surface area contributed by atoms with E-state index >= 15 is 0 Å². The summed E-state index contributed by atoms with van der Waals surface area (Å²) >= 11 is 0. The van der Waals surface area contributed by atoms with Crippen molar-refractivity contribution < 1.29 is 24.2 Å². The maximum absolute atomic E-state index is 11.2. The summed E-state index contributed by atoms with van der Waals surface area (Å²) in [5.74, 6) is -1.02. The monoisotopic (exact) mass is 247 g/mol. The largest absolute Gasteiger partial charge is 0.481 e. The molecule has 0 rings (SSSR count). The number of carbonyl (C=O) groups is 2. The highest BCUT2D eigenvalue weighted by molar-refractivity contribution is 5.76. The highest BCUT2D eigenvalue weighted by atomic mass is 16.5. The van der Waals surface area contributed by atoms with E-state index in [4.69, 9.17) is 14.6 Å². The van der Waals surface area contributed by atoms with Crippen LogP contribution < -0.4 is 5.32 Å². The normalized spacial score (nSPS) is 10.2. The first-order valence-electron chi connectivity index (χ1n) is 5.80. The number of nitrogens with one attached hydrogen (secondary N) is 1. The third kappa shape index (κ3) is 12.8. The zero-order chi connectivity index (χ0) is 12.9. The van der Waals surface area contributed by atoms with Gasteiger partial charge in [-0.05, 0) is 13.3 Å². The third-order valence-electron chi connectivity index (χ3n) is 1.94. The number of hydrogen-bond acceptors (Lipinski definition) is 4. The molecule has 17 heavy (non-hydrogen) atoms. The number of carboxylic acids is 1. The molecule has 0 aliphatic heterocycles. The van der Waals surface area contributed by atoms with Gasteiger partial charge in [-0.25, -0.2) is 0 Å². The standard InChI is InChI=1S/C11H21NO5/c1-2-16-8-9-17-7-6-12-10(13)4-3-5-11(14)15/h2-9H2,1H3,(H,12,13)(H,14,15). The fourth-order valence-electron chi connectivity index (χ4n) is 1.12. The summed E-state index contributed by atoms with van der Waals surface area (Å²) < 4.78 is 10.3. The minimum Gasteiger partial charge on any atom is -0.481 e. The molecule has 0 atom stereocenters. The van der Waals surface area contributed by atoms with E-state index in [-0.39, 0.29) is 18.7 Å². The lowest BCUT2D eigenvalue weighted by molar-refractivity contribution is -0.137. The SMILES string of the molecule is CCOCCOCCNC(=O)CCCC(=O)O. The van der Waals surface area contributed by atoms with Crippen LogP contribution in [0.5, 0.6) is 0 Å². The summed E-state index contributed by atoms with van der Waals surface area (Å²) in [7, 11) is 0. The first-order chi connectivity index (χ1) is 8.16. The second-order valence-corrected chi connectivity index (χ2v) is 3.41. The van der Waals surface area contributed by atoms with Crippen LogP contribution in [0.4, 0.5) is 0 Å². The Labute approximate surface area is 101 Å². The fraction of sp³-hybridized carbons (Fsp3) is 0.818. The van der Waals surface area contributed by atoms with Gasteiger partial charge in [-0.1, -0.05) is 0 Å². The molecule has 0 fully saturated rings. The van der Waals surface area contributed by atoms with Gasteiger partial charge in [0.25, 0.3) is 0 Å². The molecule has 0 saturated carbocycles. The van der Waals surface area contributed by atoms with Gasteiger partial charge >= 0.3 is 5.97 Å². The van der Waals surface area contributed by atoms with Crippen LogP contribution in [0.3, 0.4) is 0 Å². The van der Waals surface area contributed by atoms with E-state index in [0.29, 0.717) is 39.4 Å². The smallest absolute Gasteiger partial charge is 0.303 e. The van der Waals surface area contributed by atoms with E-state index in [2.05, 4.69) is 5.32 Å². The zero-order valence-corrected chi connectivity index (χ0v) is 10.2. The number of aliphatic carboxylic acids is 1. The van der Waals surface area contributed by atoms with E-state index in [1.165, 1.54) is 0 Å². The molecule has 0 aliphatic rings. The van der Waals surface area contributed by atoms with Crippen molar-refractivity contribution in [1.82, 2.24) is 5.32 Å². The van der Waals surface area contributed by atoms with Gasteiger partial charge in [0.15, 0.2) is 0 Å². The van der Waals surface area contributed by atoms with Crippen LogP contribution in [-0.4, -0.2) is 50.0 Å². The Balaban J connectivity index is 3.19. The molecule has 0 heterocycles. The number of amides is 1. The quantitative estimate of drug-likeness (QED) is 0.517. The van der Waals surface area contributed by atoms with Crippen LogP contribution >= 0.6 is 0 Å². The van der Waals surface area contributed by atoms with Gasteiger partial charge in [0.05, 0.1) is 19.8 Å². The van der Waals surface area contributed by atoms with Gasteiger partial charge in [-0.2, -0.15) is 0 Å². The lowest BCUT2D eigenvalue weighted by Crippen LogP contribution is -2.27.